The van der Waals surface area contributed by atoms with Gasteiger partial charge in [0.2, 0.25) is 0 Å². The van der Waals surface area contributed by atoms with Crippen LogP contribution in [0.15, 0.2) is 16.8 Å². The van der Waals surface area contributed by atoms with Crippen molar-refractivity contribution in [3.05, 3.63) is 22.4 Å². The van der Waals surface area contributed by atoms with Gasteiger partial charge in [-0.3, -0.25) is 4.90 Å². The zero-order valence-electron chi connectivity index (χ0n) is 11.1. The van der Waals surface area contributed by atoms with Crippen molar-refractivity contribution >= 4 is 11.3 Å². The van der Waals surface area contributed by atoms with E-state index >= 15 is 0 Å². The Labute approximate surface area is 109 Å². The van der Waals surface area contributed by atoms with Gasteiger partial charge in [0.25, 0.3) is 0 Å². The highest BCUT2D eigenvalue weighted by Gasteiger charge is 2.33. The molecular formula is C14H24N2S. The monoisotopic (exact) mass is 252 g/mol. The molecule has 1 fully saturated rings. The zero-order chi connectivity index (χ0) is 12.3. The highest BCUT2D eigenvalue weighted by molar-refractivity contribution is 7.07. The molecule has 0 bridgehead atoms. The third kappa shape index (κ3) is 3.54. The number of nitrogens with zero attached hydrogens (tertiary/aromatic N) is 1. The second kappa shape index (κ2) is 5.98. The van der Waals surface area contributed by atoms with Crippen molar-refractivity contribution in [2.24, 2.45) is 5.92 Å². The van der Waals surface area contributed by atoms with Gasteiger partial charge in [0, 0.05) is 18.6 Å². The molecule has 0 aliphatic heterocycles. The predicted octanol–water partition coefficient (Wildman–Crippen LogP) is 2.96. The van der Waals surface area contributed by atoms with Gasteiger partial charge in [-0.25, -0.2) is 0 Å². The second-order valence-corrected chi connectivity index (χ2v) is 6.29. The van der Waals surface area contributed by atoms with Gasteiger partial charge in [-0.05, 0) is 54.7 Å². The summed E-state index contributed by atoms with van der Waals surface area (Å²) in [5, 5.41) is 8.00. The quantitative estimate of drug-likeness (QED) is 0.837. The largest absolute Gasteiger partial charge is 0.314 e. The van der Waals surface area contributed by atoms with Crippen LogP contribution in [-0.4, -0.2) is 30.6 Å². The van der Waals surface area contributed by atoms with Gasteiger partial charge in [0.15, 0.2) is 0 Å². The maximum absolute atomic E-state index is 3.57. The first kappa shape index (κ1) is 13.1. The fraction of sp³-hybridized carbons (Fsp3) is 0.714. The summed E-state index contributed by atoms with van der Waals surface area (Å²) in [6.07, 6.45) is 2.75. The predicted molar refractivity (Wildman–Crippen MR) is 75.4 cm³/mol. The number of rotatable bonds is 6. The second-order valence-electron chi connectivity index (χ2n) is 5.51. The summed E-state index contributed by atoms with van der Waals surface area (Å²) >= 11 is 1.79. The van der Waals surface area contributed by atoms with E-state index in [2.05, 4.69) is 47.9 Å². The van der Waals surface area contributed by atoms with Crippen LogP contribution in [0.5, 0.6) is 0 Å². The molecule has 96 valence electrons. The molecule has 1 aromatic rings. The van der Waals surface area contributed by atoms with E-state index in [-0.39, 0.29) is 0 Å². The van der Waals surface area contributed by atoms with E-state index in [4.69, 9.17) is 0 Å². The van der Waals surface area contributed by atoms with Crippen molar-refractivity contribution in [2.45, 2.75) is 45.3 Å². The highest BCUT2D eigenvalue weighted by Crippen LogP contribution is 2.32. The van der Waals surface area contributed by atoms with Gasteiger partial charge < -0.3 is 5.32 Å². The SMILES string of the molecule is CC(C)NCC1CCC1N(C)Cc1ccsc1. The molecule has 0 aromatic carbocycles. The summed E-state index contributed by atoms with van der Waals surface area (Å²) in [7, 11) is 2.27. The number of thiophene rings is 1. The van der Waals surface area contributed by atoms with Gasteiger partial charge in [0.1, 0.15) is 0 Å². The Morgan fingerprint density at radius 3 is 2.82 bits per heavy atom. The number of hydrogen-bond acceptors (Lipinski definition) is 3. The van der Waals surface area contributed by atoms with Crippen LogP contribution in [0.4, 0.5) is 0 Å². The smallest absolute Gasteiger partial charge is 0.0242 e. The lowest BCUT2D eigenvalue weighted by Gasteiger charge is -2.43. The van der Waals surface area contributed by atoms with Crippen molar-refractivity contribution in [2.75, 3.05) is 13.6 Å². The average molecular weight is 252 g/mol. The Morgan fingerprint density at radius 1 is 1.47 bits per heavy atom. The van der Waals surface area contributed by atoms with Gasteiger partial charge in [-0.1, -0.05) is 13.8 Å². The molecule has 1 N–H and O–H groups in total. The van der Waals surface area contributed by atoms with Crippen LogP contribution in [0.25, 0.3) is 0 Å². The first-order valence-corrected chi connectivity index (χ1v) is 7.56. The fourth-order valence-corrected chi connectivity index (χ4v) is 3.20. The van der Waals surface area contributed by atoms with Crippen LogP contribution in [0.3, 0.4) is 0 Å². The molecular weight excluding hydrogens is 228 g/mol. The molecule has 1 aliphatic rings. The molecule has 0 saturated heterocycles. The third-order valence-electron chi connectivity index (χ3n) is 3.74. The summed E-state index contributed by atoms with van der Waals surface area (Å²) in [6, 6.07) is 3.63. The Morgan fingerprint density at radius 2 is 2.29 bits per heavy atom. The fourth-order valence-electron chi connectivity index (χ4n) is 2.54. The molecule has 2 rings (SSSR count). The molecule has 1 aliphatic carbocycles. The van der Waals surface area contributed by atoms with E-state index in [9.17, 15) is 0 Å². The van der Waals surface area contributed by atoms with E-state index in [0.29, 0.717) is 6.04 Å². The summed E-state index contributed by atoms with van der Waals surface area (Å²) in [5.74, 6) is 0.848. The summed E-state index contributed by atoms with van der Waals surface area (Å²) in [6.45, 7) is 6.73. The summed E-state index contributed by atoms with van der Waals surface area (Å²) < 4.78 is 0. The van der Waals surface area contributed by atoms with Gasteiger partial charge in [-0.15, -0.1) is 0 Å². The van der Waals surface area contributed by atoms with Crippen LogP contribution >= 0.6 is 11.3 Å². The van der Waals surface area contributed by atoms with Crippen LogP contribution < -0.4 is 5.32 Å². The summed E-state index contributed by atoms with van der Waals surface area (Å²) in [5.41, 5.74) is 1.46. The Balaban J connectivity index is 1.77. The molecule has 0 amide bonds. The molecule has 2 nitrogen and oxygen atoms in total. The lowest BCUT2D eigenvalue weighted by molar-refractivity contribution is 0.0769. The molecule has 1 aromatic heterocycles. The van der Waals surface area contributed by atoms with Crippen molar-refractivity contribution in [1.29, 1.82) is 0 Å². The molecule has 3 heteroatoms. The Bertz CT molecular complexity index is 321. The Hall–Kier alpha value is -0.380. The minimum atomic E-state index is 0.610. The molecule has 0 radical (unpaired) electrons. The molecule has 1 saturated carbocycles. The summed E-state index contributed by atoms with van der Waals surface area (Å²) in [4.78, 5) is 2.53. The van der Waals surface area contributed by atoms with Crippen LogP contribution in [0, 0.1) is 5.92 Å². The maximum Gasteiger partial charge on any atom is 0.0242 e. The van der Waals surface area contributed by atoms with E-state index in [1.807, 2.05) is 0 Å². The third-order valence-corrected chi connectivity index (χ3v) is 4.48. The minimum absolute atomic E-state index is 0.610. The van der Waals surface area contributed by atoms with Crippen molar-refractivity contribution in [1.82, 2.24) is 10.2 Å². The first-order valence-electron chi connectivity index (χ1n) is 6.61. The minimum Gasteiger partial charge on any atom is -0.314 e. The van der Waals surface area contributed by atoms with Crippen molar-refractivity contribution < 1.29 is 0 Å². The highest BCUT2D eigenvalue weighted by atomic mass is 32.1. The molecule has 2 unspecified atom stereocenters. The molecule has 17 heavy (non-hydrogen) atoms. The van der Waals surface area contributed by atoms with Gasteiger partial charge in [0.05, 0.1) is 0 Å². The van der Waals surface area contributed by atoms with Crippen LogP contribution in [0.2, 0.25) is 0 Å². The first-order chi connectivity index (χ1) is 8.16. The standard InChI is InChI=1S/C14H24N2S/c1-11(2)15-8-13-4-5-14(13)16(3)9-12-6-7-17-10-12/h6-7,10-11,13-15H,4-5,8-9H2,1-3H3. The Kier molecular flexibility index (Phi) is 4.60. The van der Waals surface area contributed by atoms with Crippen LogP contribution in [-0.2, 0) is 6.54 Å². The molecule has 1 heterocycles. The lowest BCUT2D eigenvalue weighted by atomic mass is 9.78. The van der Waals surface area contributed by atoms with Crippen molar-refractivity contribution in [3.8, 4) is 0 Å². The average Bonchev–Trinajstić information content (AvgIpc) is 2.68. The normalized spacial score (nSPS) is 24.3. The lowest BCUT2D eigenvalue weighted by Crippen LogP contribution is -2.49. The van der Waals surface area contributed by atoms with Crippen LogP contribution in [0.1, 0.15) is 32.3 Å². The van der Waals surface area contributed by atoms with E-state index in [0.717, 1.165) is 18.5 Å². The topological polar surface area (TPSA) is 15.3 Å². The van der Waals surface area contributed by atoms with E-state index < -0.39 is 0 Å². The van der Waals surface area contributed by atoms with Gasteiger partial charge >= 0.3 is 0 Å². The van der Waals surface area contributed by atoms with E-state index in [1.165, 1.54) is 24.9 Å². The zero-order valence-corrected chi connectivity index (χ0v) is 12.0. The maximum atomic E-state index is 3.57. The van der Waals surface area contributed by atoms with E-state index in [1.54, 1.807) is 11.3 Å². The van der Waals surface area contributed by atoms with Crippen molar-refractivity contribution in [3.63, 3.8) is 0 Å². The molecule has 0 spiro atoms. The molecule has 2 atom stereocenters. The number of nitrogens with one attached hydrogen (secondary N) is 1. The number of hydrogen-bond donors (Lipinski definition) is 1. The van der Waals surface area contributed by atoms with Gasteiger partial charge in [-0.2, -0.15) is 11.3 Å².